The van der Waals surface area contributed by atoms with Crippen molar-refractivity contribution in [3.63, 3.8) is 0 Å². The van der Waals surface area contributed by atoms with E-state index in [9.17, 15) is 9.59 Å². The third-order valence-electron chi connectivity index (χ3n) is 3.02. The van der Waals surface area contributed by atoms with Crippen LogP contribution in [0, 0.1) is 11.3 Å². The van der Waals surface area contributed by atoms with Crippen LogP contribution in [0.15, 0.2) is 60.7 Å². The normalized spacial score (nSPS) is 11.1. The molecule has 0 spiro atoms. The molecule has 0 saturated heterocycles. The SMILES string of the molecule is N#CC[C@@H](C[Se]c1ccccc1)OC(=O)NC(=O)c1ccccc1. The first-order valence-corrected chi connectivity index (χ1v) is 9.37. The maximum absolute atomic E-state index is 11.9. The predicted molar refractivity (Wildman–Crippen MR) is 91.0 cm³/mol. The van der Waals surface area contributed by atoms with Gasteiger partial charge >= 0.3 is 146 Å². The zero-order valence-corrected chi connectivity index (χ0v) is 14.6. The van der Waals surface area contributed by atoms with Crippen molar-refractivity contribution in [2.45, 2.75) is 17.8 Å². The number of carbonyl (C=O) groups is 2. The Hall–Kier alpha value is -2.61. The molecule has 1 N–H and O–H groups in total. The number of hydrogen-bond donors (Lipinski definition) is 1. The average Bonchev–Trinajstić information content (AvgIpc) is 2.61. The van der Waals surface area contributed by atoms with E-state index in [1.165, 1.54) is 0 Å². The van der Waals surface area contributed by atoms with E-state index >= 15 is 0 Å². The summed E-state index contributed by atoms with van der Waals surface area (Å²) in [5.74, 6) is -0.523. The molecule has 6 heteroatoms. The zero-order chi connectivity index (χ0) is 17.2. The molecule has 2 amide bonds. The van der Waals surface area contributed by atoms with Crippen LogP contribution in [0.5, 0.6) is 0 Å². The summed E-state index contributed by atoms with van der Waals surface area (Å²) in [5, 5.41) is 11.6. The van der Waals surface area contributed by atoms with Gasteiger partial charge in [-0.3, -0.25) is 0 Å². The van der Waals surface area contributed by atoms with Gasteiger partial charge in [0.1, 0.15) is 0 Å². The van der Waals surface area contributed by atoms with Gasteiger partial charge in [0.25, 0.3) is 0 Å². The summed E-state index contributed by atoms with van der Waals surface area (Å²) in [6.07, 6.45) is -1.26. The molecular formula is C18H16N2O3Se. The first-order valence-electron chi connectivity index (χ1n) is 7.31. The minimum absolute atomic E-state index is 0.0898. The number of hydrogen-bond acceptors (Lipinski definition) is 4. The van der Waals surface area contributed by atoms with E-state index in [-0.39, 0.29) is 21.4 Å². The van der Waals surface area contributed by atoms with Crippen LogP contribution < -0.4 is 9.78 Å². The van der Waals surface area contributed by atoms with Crippen molar-refractivity contribution in [1.29, 1.82) is 5.26 Å². The van der Waals surface area contributed by atoms with Crippen molar-refractivity contribution in [3.8, 4) is 6.07 Å². The second kappa shape index (κ2) is 9.51. The van der Waals surface area contributed by atoms with Gasteiger partial charge in [-0.1, -0.05) is 0 Å². The Labute approximate surface area is 146 Å². The van der Waals surface area contributed by atoms with E-state index in [1.54, 1.807) is 30.3 Å². The van der Waals surface area contributed by atoms with Gasteiger partial charge in [-0.25, -0.2) is 0 Å². The fourth-order valence-corrected chi connectivity index (χ4v) is 3.79. The van der Waals surface area contributed by atoms with Crippen LogP contribution in [-0.2, 0) is 4.74 Å². The summed E-state index contributed by atoms with van der Waals surface area (Å²) in [7, 11) is 0. The number of rotatable bonds is 6. The van der Waals surface area contributed by atoms with Gasteiger partial charge in [0.05, 0.1) is 0 Å². The molecule has 0 fully saturated rings. The number of nitrogens with one attached hydrogen (secondary N) is 1. The Morgan fingerprint density at radius 1 is 1.08 bits per heavy atom. The predicted octanol–water partition coefficient (Wildman–Crippen LogP) is 2.28. The van der Waals surface area contributed by atoms with Gasteiger partial charge < -0.3 is 0 Å². The number of ether oxygens (including phenoxy) is 1. The van der Waals surface area contributed by atoms with Crippen LogP contribution in [0.1, 0.15) is 16.8 Å². The van der Waals surface area contributed by atoms with E-state index in [4.69, 9.17) is 10.00 Å². The molecule has 0 heterocycles. The number of amides is 2. The molecule has 122 valence electrons. The first kappa shape index (κ1) is 17.7. The van der Waals surface area contributed by atoms with E-state index < -0.39 is 18.1 Å². The molecule has 0 bridgehead atoms. The van der Waals surface area contributed by atoms with Gasteiger partial charge in [0, 0.05) is 0 Å². The number of carbonyl (C=O) groups excluding carboxylic acids is 2. The number of alkyl carbamates (subject to hydrolysis) is 1. The average molecular weight is 387 g/mol. The molecule has 0 aromatic heterocycles. The van der Waals surface area contributed by atoms with Gasteiger partial charge in [0.2, 0.25) is 0 Å². The topological polar surface area (TPSA) is 79.2 Å². The molecule has 2 aromatic rings. The standard InChI is InChI=1S/C18H16N2O3Se/c19-12-11-15(13-24-16-9-5-2-6-10-16)23-18(22)20-17(21)14-7-3-1-4-8-14/h1-10,15H,11,13H2,(H,20,21,22)/t15-/m0/s1. The van der Waals surface area contributed by atoms with E-state index in [0.717, 1.165) is 4.46 Å². The van der Waals surface area contributed by atoms with Crippen LogP contribution in [0.3, 0.4) is 0 Å². The third kappa shape index (κ3) is 5.88. The molecule has 0 unspecified atom stereocenters. The van der Waals surface area contributed by atoms with Crippen molar-refractivity contribution < 1.29 is 14.3 Å². The summed E-state index contributed by atoms with van der Waals surface area (Å²) < 4.78 is 6.39. The van der Waals surface area contributed by atoms with Crippen LogP contribution in [0.2, 0.25) is 5.32 Å². The second-order valence-corrected chi connectivity index (χ2v) is 7.13. The summed E-state index contributed by atoms with van der Waals surface area (Å²) in [6, 6.07) is 20.3. The van der Waals surface area contributed by atoms with Crippen molar-refractivity contribution >= 4 is 31.4 Å². The summed E-state index contributed by atoms with van der Waals surface area (Å²) in [6.45, 7) is 0. The third-order valence-corrected chi connectivity index (χ3v) is 5.42. The van der Waals surface area contributed by atoms with Crippen LogP contribution >= 0.6 is 0 Å². The molecule has 0 aliphatic heterocycles. The van der Waals surface area contributed by atoms with E-state index in [1.807, 2.05) is 36.4 Å². The number of nitriles is 1. The van der Waals surface area contributed by atoms with Crippen molar-refractivity contribution in [3.05, 3.63) is 66.2 Å². The minimum atomic E-state index is -0.826. The maximum atomic E-state index is 11.9. The molecule has 5 nitrogen and oxygen atoms in total. The molecule has 0 aliphatic carbocycles. The summed E-state index contributed by atoms with van der Waals surface area (Å²) in [5.41, 5.74) is 0.375. The van der Waals surface area contributed by atoms with Gasteiger partial charge in [-0.05, 0) is 0 Å². The van der Waals surface area contributed by atoms with Crippen LogP contribution in [-0.4, -0.2) is 33.1 Å². The van der Waals surface area contributed by atoms with Gasteiger partial charge in [-0.2, -0.15) is 0 Å². The number of imide groups is 1. The van der Waals surface area contributed by atoms with Gasteiger partial charge in [0.15, 0.2) is 0 Å². The molecular weight excluding hydrogens is 371 g/mol. The number of benzene rings is 2. The van der Waals surface area contributed by atoms with Crippen molar-refractivity contribution in [2.24, 2.45) is 0 Å². The Bertz CT molecular complexity index is 714. The fraction of sp³-hybridized carbons (Fsp3) is 0.167. The van der Waals surface area contributed by atoms with E-state index in [0.29, 0.717) is 10.9 Å². The Morgan fingerprint density at radius 2 is 1.71 bits per heavy atom. The molecule has 2 aromatic carbocycles. The molecule has 0 saturated carbocycles. The van der Waals surface area contributed by atoms with Crippen molar-refractivity contribution in [2.75, 3.05) is 0 Å². The quantitative estimate of drug-likeness (QED) is 0.772. The summed E-state index contributed by atoms with van der Waals surface area (Å²) >= 11 is 0.0898. The number of nitrogens with zero attached hydrogens (tertiary/aromatic N) is 1. The zero-order valence-electron chi connectivity index (χ0n) is 12.8. The second-order valence-electron chi connectivity index (χ2n) is 4.83. The monoisotopic (exact) mass is 388 g/mol. The Morgan fingerprint density at radius 3 is 2.33 bits per heavy atom. The van der Waals surface area contributed by atoms with Crippen molar-refractivity contribution in [1.82, 2.24) is 5.32 Å². The van der Waals surface area contributed by atoms with Crippen LogP contribution in [0.25, 0.3) is 0 Å². The molecule has 2 rings (SSSR count). The Kier molecular flexibility index (Phi) is 7.03. The molecule has 1 atom stereocenters. The first-order chi connectivity index (χ1) is 11.7. The van der Waals surface area contributed by atoms with E-state index in [2.05, 4.69) is 5.32 Å². The molecule has 0 aliphatic rings. The van der Waals surface area contributed by atoms with Gasteiger partial charge in [-0.15, -0.1) is 0 Å². The summed E-state index contributed by atoms with van der Waals surface area (Å²) in [4.78, 5) is 23.8. The Balaban J connectivity index is 1.86. The molecule has 0 radical (unpaired) electrons. The van der Waals surface area contributed by atoms with Crippen LogP contribution in [0.4, 0.5) is 4.79 Å². The fourth-order valence-electron chi connectivity index (χ4n) is 1.88. The molecule has 24 heavy (non-hydrogen) atoms.